The number of halogens is 1. The molecule has 2 aliphatic rings. The molecule has 1 saturated heterocycles. The first kappa shape index (κ1) is 25.0. The second-order valence-electron chi connectivity index (χ2n) is 8.57. The lowest BCUT2D eigenvalue weighted by Gasteiger charge is -2.40. The Bertz CT molecular complexity index is 1150. The molecule has 0 saturated carbocycles. The van der Waals surface area contributed by atoms with Gasteiger partial charge >= 0.3 is 0 Å². The topological polar surface area (TPSA) is 41.0 Å². The Morgan fingerprint density at radius 3 is 2.65 bits per heavy atom. The third kappa shape index (κ3) is 5.28. The van der Waals surface area contributed by atoms with Gasteiger partial charge in [0, 0.05) is 30.6 Å². The monoisotopic (exact) mass is 514 g/mol. The highest BCUT2D eigenvalue weighted by molar-refractivity contribution is 8.01. The molecular formula is C26H31ClN4OS2. The van der Waals surface area contributed by atoms with E-state index in [1.165, 1.54) is 19.7 Å². The Labute approximate surface area is 216 Å². The molecule has 0 bridgehead atoms. The van der Waals surface area contributed by atoms with Crippen LogP contribution in [-0.4, -0.2) is 60.5 Å². The van der Waals surface area contributed by atoms with Gasteiger partial charge in [-0.15, -0.1) is 23.7 Å². The number of methoxy groups -OCH3 is 1. The molecule has 2 aromatic carbocycles. The van der Waals surface area contributed by atoms with Gasteiger partial charge < -0.3 is 9.64 Å². The normalized spacial score (nSPS) is 17.8. The summed E-state index contributed by atoms with van der Waals surface area (Å²) >= 11 is 3.63. The molecule has 2 aliphatic heterocycles. The maximum Gasteiger partial charge on any atom is 0.157 e. The highest BCUT2D eigenvalue weighted by atomic mass is 35.5. The van der Waals surface area contributed by atoms with Crippen LogP contribution in [0.25, 0.3) is 0 Å². The quantitative estimate of drug-likeness (QED) is 0.422. The maximum absolute atomic E-state index is 5.30. The van der Waals surface area contributed by atoms with Gasteiger partial charge in [-0.1, -0.05) is 43.0 Å². The van der Waals surface area contributed by atoms with Gasteiger partial charge in [0.25, 0.3) is 0 Å². The number of para-hydroxylation sites is 1. The van der Waals surface area contributed by atoms with Crippen LogP contribution >= 0.6 is 35.5 Å². The molecular weight excluding hydrogens is 484 g/mol. The Hall–Kier alpha value is -2.06. The summed E-state index contributed by atoms with van der Waals surface area (Å²) in [4.78, 5) is 16.4. The number of hydrogen-bond donors (Lipinski definition) is 0. The lowest BCUT2D eigenvalue weighted by molar-refractivity contribution is 0.134. The molecule has 0 aliphatic carbocycles. The number of rotatable bonds is 5. The van der Waals surface area contributed by atoms with Crippen LogP contribution in [0, 0.1) is 0 Å². The number of fused-ring (bicyclic) bond motifs is 2. The molecule has 1 unspecified atom stereocenters. The van der Waals surface area contributed by atoms with E-state index in [0.29, 0.717) is 6.04 Å². The fourth-order valence-electron chi connectivity index (χ4n) is 4.41. The summed E-state index contributed by atoms with van der Waals surface area (Å²) in [5, 5.41) is 1.18. The van der Waals surface area contributed by atoms with E-state index in [0.717, 1.165) is 61.9 Å². The molecule has 0 amide bonds. The van der Waals surface area contributed by atoms with Gasteiger partial charge in [0.1, 0.15) is 11.4 Å². The molecule has 1 aromatic heterocycles. The summed E-state index contributed by atoms with van der Waals surface area (Å²) in [6, 6.07) is 17.4. The first-order valence-electron chi connectivity index (χ1n) is 11.6. The molecule has 3 heterocycles. The van der Waals surface area contributed by atoms with E-state index >= 15 is 0 Å². The molecule has 0 N–H and O–H groups in total. The van der Waals surface area contributed by atoms with Gasteiger partial charge in [0.15, 0.2) is 5.84 Å². The van der Waals surface area contributed by atoms with Crippen LogP contribution in [0.15, 0.2) is 62.6 Å². The van der Waals surface area contributed by atoms with Crippen LogP contribution in [0.2, 0.25) is 0 Å². The lowest BCUT2D eigenvalue weighted by Crippen LogP contribution is -2.53. The fraction of sp³-hybridized carbons (Fsp3) is 0.385. The largest absolute Gasteiger partial charge is 0.497 e. The van der Waals surface area contributed by atoms with Gasteiger partial charge in [-0.2, -0.15) is 0 Å². The van der Waals surface area contributed by atoms with Crippen LogP contribution in [0.1, 0.15) is 29.6 Å². The van der Waals surface area contributed by atoms with Crippen molar-refractivity contribution in [1.82, 2.24) is 14.8 Å². The molecule has 1 fully saturated rings. The third-order valence-corrected chi connectivity index (χ3v) is 8.89. The predicted octanol–water partition coefficient (Wildman–Crippen LogP) is 5.93. The molecule has 5 nitrogen and oxygen atoms in total. The second-order valence-corrected chi connectivity index (χ2v) is 11.0. The zero-order chi connectivity index (χ0) is 22.8. The van der Waals surface area contributed by atoms with Crippen LogP contribution in [0.3, 0.4) is 0 Å². The number of aromatic nitrogens is 1. The van der Waals surface area contributed by atoms with Gasteiger partial charge in [0.05, 0.1) is 22.0 Å². The summed E-state index contributed by atoms with van der Waals surface area (Å²) < 4.78 is 6.57. The number of amidine groups is 1. The average molecular weight is 515 g/mol. The molecule has 0 radical (unpaired) electrons. The van der Waals surface area contributed by atoms with Crippen molar-refractivity contribution >= 4 is 47.0 Å². The molecule has 5 rings (SSSR count). The molecule has 1 atom stereocenters. The molecule has 0 spiro atoms. The Morgan fingerprint density at radius 1 is 1.09 bits per heavy atom. The third-order valence-electron chi connectivity index (χ3n) is 6.45. The average Bonchev–Trinajstić information content (AvgIpc) is 3.19. The Morgan fingerprint density at radius 2 is 1.88 bits per heavy atom. The van der Waals surface area contributed by atoms with Crippen molar-refractivity contribution in [2.45, 2.75) is 41.3 Å². The lowest BCUT2D eigenvalue weighted by atomic mass is 10.0. The van der Waals surface area contributed by atoms with E-state index in [4.69, 9.17) is 14.7 Å². The van der Waals surface area contributed by atoms with Crippen molar-refractivity contribution < 1.29 is 4.74 Å². The van der Waals surface area contributed by atoms with Gasteiger partial charge in [-0.25, -0.2) is 9.98 Å². The summed E-state index contributed by atoms with van der Waals surface area (Å²) in [5.74, 6) is 1.95. The number of hydrogen-bond acceptors (Lipinski definition) is 7. The SMILES string of the molecule is CCc1nc2c(s1)Sc1ccccc1N=C2N1CCN(C)C(CCc2ccc(OC)cc2)C1.Cl. The van der Waals surface area contributed by atoms with Crippen LogP contribution in [-0.2, 0) is 12.8 Å². The number of thiazole rings is 1. The molecule has 3 aromatic rings. The number of likely N-dealkylation sites (N-methyl/N-ethyl adjacent to an activating group) is 1. The highest BCUT2D eigenvalue weighted by Gasteiger charge is 2.31. The van der Waals surface area contributed by atoms with Crippen LogP contribution < -0.4 is 4.74 Å². The minimum absolute atomic E-state index is 0. The van der Waals surface area contributed by atoms with Crippen molar-refractivity contribution in [1.29, 1.82) is 0 Å². The highest BCUT2D eigenvalue weighted by Crippen LogP contribution is 2.43. The smallest absolute Gasteiger partial charge is 0.157 e. The summed E-state index contributed by atoms with van der Waals surface area (Å²) in [6.07, 6.45) is 3.13. The Balaban J connectivity index is 0.00000274. The second kappa shape index (κ2) is 11.1. The van der Waals surface area contributed by atoms with Gasteiger partial charge in [-0.05, 0) is 56.1 Å². The molecule has 34 heavy (non-hydrogen) atoms. The number of piperazine rings is 1. The summed E-state index contributed by atoms with van der Waals surface area (Å²) in [6.45, 7) is 5.15. The minimum atomic E-state index is 0. The number of ether oxygens (including phenoxy) is 1. The van der Waals surface area contributed by atoms with Crippen molar-refractivity contribution in [2.75, 3.05) is 33.8 Å². The van der Waals surface area contributed by atoms with Crippen molar-refractivity contribution in [3.8, 4) is 5.75 Å². The van der Waals surface area contributed by atoms with Crippen molar-refractivity contribution in [3.05, 3.63) is 64.8 Å². The minimum Gasteiger partial charge on any atom is -0.497 e. The summed E-state index contributed by atoms with van der Waals surface area (Å²) in [5.41, 5.74) is 3.47. The number of aliphatic imine (C=N–C) groups is 1. The van der Waals surface area contributed by atoms with Crippen molar-refractivity contribution in [2.24, 2.45) is 4.99 Å². The van der Waals surface area contributed by atoms with Gasteiger partial charge in [-0.3, -0.25) is 4.90 Å². The van der Waals surface area contributed by atoms with E-state index in [2.05, 4.69) is 72.3 Å². The first-order valence-corrected chi connectivity index (χ1v) is 13.2. The van der Waals surface area contributed by atoms with E-state index in [9.17, 15) is 0 Å². The Kier molecular flexibility index (Phi) is 8.19. The number of aryl methyl sites for hydroxylation is 2. The van der Waals surface area contributed by atoms with E-state index in [-0.39, 0.29) is 12.4 Å². The first-order chi connectivity index (χ1) is 16.1. The zero-order valence-corrected chi connectivity index (χ0v) is 22.3. The maximum atomic E-state index is 5.30. The summed E-state index contributed by atoms with van der Waals surface area (Å²) in [7, 11) is 3.96. The molecule has 180 valence electrons. The number of nitrogens with zero attached hydrogens (tertiary/aromatic N) is 4. The van der Waals surface area contributed by atoms with E-state index < -0.39 is 0 Å². The zero-order valence-electron chi connectivity index (χ0n) is 19.9. The standard InChI is InChI=1S/C26H30N4OS2.ClH/c1-4-23-28-24-25(27-21-7-5-6-8-22(21)32-26(24)33-23)30-16-15-29(2)19(17-30)12-9-18-10-13-20(31-3)14-11-18;/h5-8,10-11,13-14,19H,4,9,12,15-17H2,1-3H3;1H. The molecule has 8 heteroatoms. The van der Waals surface area contributed by atoms with E-state index in [1.54, 1.807) is 7.11 Å². The number of benzene rings is 2. The fourth-order valence-corrected chi connectivity index (χ4v) is 6.66. The van der Waals surface area contributed by atoms with Crippen LogP contribution in [0.5, 0.6) is 5.75 Å². The van der Waals surface area contributed by atoms with Gasteiger partial charge in [0.2, 0.25) is 0 Å². The van der Waals surface area contributed by atoms with E-state index in [1.807, 2.05) is 23.1 Å². The van der Waals surface area contributed by atoms with Crippen molar-refractivity contribution in [3.63, 3.8) is 0 Å². The van der Waals surface area contributed by atoms with Crippen LogP contribution in [0.4, 0.5) is 5.69 Å². The predicted molar refractivity (Wildman–Crippen MR) is 145 cm³/mol.